The number of esters is 1. The van der Waals surface area contributed by atoms with Crippen LogP contribution < -0.4 is 0 Å². The molecule has 0 N–H and O–H groups in total. The van der Waals surface area contributed by atoms with Gasteiger partial charge in [-0.2, -0.15) is 0 Å². The number of hydrogen-bond acceptors (Lipinski definition) is 6. The Kier molecular flexibility index (Phi) is 9.08. The molecule has 0 fully saturated rings. The summed E-state index contributed by atoms with van der Waals surface area (Å²) in [5, 5.41) is 0. The number of phosphoric ester groups is 1. The van der Waals surface area contributed by atoms with Crippen LogP contribution in [0.1, 0.15) is 66.7 Å². The largest absolute Gasteiger partial charge is 0.529 e. The maximum atomic E-state index is 12.7. The average Bonchev–Trinajstić information content (AvgIpc) is 2.53. The van der Waals surface area contributed by atoms with Crippen LogP contribution in [-0.4, -0.2) is 26.3 Å². The van der Waals surface area contributed by atoms with Gasteiger partial charge in [0.05, 0.1) is 26.4 Å². The van der Waals surface area contributed by atoms with Crippen LogP contribution >= 0.6 is 7.82 Å². The van der Waals surface area contributed by atoms with Gasteiger partial charge in [0.25, 0.3) is 0 Å². The van der Waals surface area contributed by atoms with Crippen molar-refractivity contribution in [3.8, 4) is 0 Å². The summed E-state index contributed by atoms with van der Waals surface area (Å²) in [6.45, 7) is 10.4. The molecular formula is C19H33O6P. The zero-order valence-corrected chi connectivity index (χ0v) is 17.8. The van der Waals surface area contributed by atoms with Crippen molar-refractivity contribution in [2.75, 3.05) is 20.3 Å². The van der Waals surface area contributed by atoms with Crippen LogP contribution in [0.25, 0.3) is 0 Å². The molecule has 0 atom stereocenters. The lowest BCUT2D eigenvalue weighted by Gasteiger charge is -2.35. The second-order valence-corrected chi connectivity index (χ2v) is 8.60. The number of rotatable bonds is 10. The van der Waals surface area contributed by atoms with Gasteiger partial charge in [0.1, 0.15) is 5.76 Å². The highest BCUT2D eigenvalue weighted by Crippen LogP contribution is 2.52. The lowest BCUT2D eigenvalue weighted by atomic mass is 9.71. The summed E-state index contributed by atoms with van der Waals surface area (Å²) in [7, 11) is -2.46. The first-order chi connectivity index (χ1) is 12.2. The van der Waals surface area contributed by atoms with E-state index in [1.165, 1.54) is 30.8 Å². The van der Waals surface area contributed by atoms with Gasteiger partial charge in [0.15, 0.2) is 0 Å². The van der Waals surface area contributed by atoms with Gasteiger partial charge in [0, 0.05) is 6.42 Å². The average molecular weight is 388 g/mol. The van der Waals surface area contributed by atoms with Gasteiger partial charge in [-0.1, -0.05) is 25.0 Å². The molecule has 0 radical (unpaired) electrons. The fourth-order valence-electron chi connectivity index (χ4n) is 3.36. The van der Waals surface area contributed by atoms with Crippen LogP contribution in [0.2, 0.25) is 0 Å². The zero-order chi connectivity index (χ0) is 19.8. The number of methoxy groups -OCH3 is 1. The van der Waals surface area contributed by atoms with E-state index in [9.17, 15) is 9.36 Å². The van der Waals surface area contributed by atoms with Gasteiger partial charge in [-0.15, -0.1) is 0 Å². The van der Waals surface area contributed by atoms with Crippen molar-refractivity contribution >= 4 is 13.8 Å². The van der Waals surface area contributed by atoms with Gasteiger partial charge >= 0.3 is 13.8 Å². The number of allylic oxidation sites excluding steroid dienone is 3. The summed E-state index contributed by atoms with van der Waals surface area (Å²) in [6, 6.07) is 0. The molecule has 0 spiro atoms. The molecule has 0 aromatic carbocycles. The first-order valence-corrected chi connectivity index (χ1v) is 10.7. The van der Waals surface area contributed by atoms with Crippen molar-refractivity contribution in [3.63, 3.8) is 0 Å². The SMILES string of the molecule is CCOP(=O)(OCC)O/C(=C\C(=O)OC)CCC1=C(C)CCCC1(C)C. The van der Waals surface area contributed by atoms with E-state index in [4.69, 9.17) is 18.3 Å². The molecule has 0 saturated carbocycles. The van der Waals surface area contributed by atoms with Gasteiger partial charge in [-0.3, -0.25) is 9.05 Å². The molecule has 0 aromatic heterocycles. The van der Waals surface area contributed by atoms with E-state index >= 15 is 0 Å². The van der Waals surface area contributed by atoms with E-state index in [-0.39, 0.29) is 24.4 Å². The quantitative estimate of drug-likeness (QED) is 0.161. The van der Waals surface area contributed by atoms with Gasteiger partial charge in [0.2, 0.25) is 0 Å². The summed E-state index contributed by atoms with van der Waals surface area (Å²) in [4.78, 5) is 11.7. The third-order valence-corrected chi connectivity index (χ3v) is 6.20. The highest BCUT2D eigenvalue weighted by atomic mass is 31.2. The molecule has 0 heterocycles. The first-order valence-electron chi connectivity index (χ1n) is 9.23. The van der Waals surface area contributed by atoms with Crippen LogP contribution in [0.15, 0.2) is 23.0 Å². The summed E-state index contributed by atoms with van der Waals surface area (Å²) < 4.78 is 33.2. The molecule has 1 aliphatic rings. The highest BCUT2D eigenvalue weighted by Gasteiger charge is 2.31. The summed E-state index contributed by atoms with van der Waals surface area (Å²) in [5.41, 5.74) is 2.87. The number of hydrogen-bond donors (Lipinski definition) is 0. The third kappa shape index (κ3) is 6.90. The summed E-state index contributed by atoms with van der Waals surface area (Å²) >= 11 is 0. The van der Waals surface area contributed by atoms with Gasteiger partial charge in [-0.25, -0.2) is 9.36 Å². The van der Waals surface area contributed by atoms with Crippen molar-refractivity contribution in [1.82, 2.24) is 0 Å². The van der Waals surface area contributed by atoms with E-state index in [0.717, 1.165) is 19.3 Å². The minimum absolute atomic E-state index is 0.113. The van der Waals surface area contributed by atoms with Crippen LogP contribution in [0.4, 0.5) is 0 Å². The van der Waals surface area contributed by atoms with Crippen LogP contribution in [0, 0.1) is 5.41 Å². The topological polar surface area (TPSA) is 71.1 Å². The molecule has 7 heteroatoms. The molecule has 0 bridgehead atoms. The van der Waals surface area contributed by atoms with Crippen LogP contribution in [-0.2, 0) is 27.7 Å². The molecule has 0 amide bonds. The molecule has 0 aliphatic heterocycles. The fourth-order valence-corrected chi connectivity index (χ4v) is 4.60. The fraction of sp³-hybridized carbons (Fsp3) is 0.737. The Morgan fingerprint density at radius 3 is 2.35 bits per heavy atom. The van der Waals surface area contributed by atoms with Crippen LogP contribution in [0.5, 0.6) is 0 Å². The number of phosphoric acid groups is 1. The maximum Gasteiger partial charge on any atom is 0.529 e. The van der Waals surface area contributed by atoms with E-state index in [0.29, 0.717) is 6.42 Å². The lowest BCUT2D eigenvalue weighted by molar-refractivity contribution is -0.135. The predicted molar refractivity (Wildman–Crippen MR) is 102 cm³/mol. The third-order valence-electron chi connectivity index (χ3n) is 4.59. The van der Waals surface area contributed by atoms with Crippen molar-refractivity contribution in [2.45, 2.75) is 66.7 Å². The predicted octanol–water partition coefficient (Wildman–Crippen LogP) is 5.55. The van der Waals surface area contributed by atoms with E-state index in [2.05, 4.69) is 20.8 Å². The Morgan fingerprint density at radius 1 is 1.23 bits per heavy atom. The Bertz CT molecular complexity index is 581. The monoisotopic (exact) mass is 388 g/mol. The molecule has 1 rings (SSSR count). The molecular weight excluding hydrogens is 355 g/mol. The second kappa shape index (κ2) is 10.3. The lowest BCUT2D eigenvalue weighted by Crippen LogP contribution is -2.20. The smallest absolute Gasteiger partial charge is 0.466 e. The standard InChI is InChI=1S/C19H33O6P/c1-7-23-26(21,24-8-2)25-16(14-18(20)22-6)11-12-17-15(3)10-9-13-19(17,4)5/h14H,7-13H2,1-6H3/b16-14-. The summed E-state index contributed by atoms with van der Waals surface area (Å²) in [6.07, 6.45) is 5.78. The molecule has 150 valence electrons. The minimum Gasteiger partial charge on any atom is -0.466 e. The van der Waals surface area contributed by atoms with E-state index in [1.54, 1.807) is 13.8 Å². The minimum atomic E-state index is -3.75. The number of carbonyl (C=O) groups is 1. The van der Waals surface area contributed by atoms with Crippen LogP contribution in [0.3, 0.4) is 0 Å². The Hall–Kier alpha value is -1.10. The normalized spacial score (nSPS) is 18.0. The Labute approximate surface area is 157 Å². The molecule has 0 aromatic rings. The number of carbonyl (C=O) groups excluding carboxylic acids is 1. The van der Waals surface area contributed by atoms with Gasteiger partial charge < -0.3 is 9.26 Å². The van der Waals surface area contributed by atoms with Crippen molar-refractivity contribution < 1.29 is 27.7 Å². The van der Waals surface area contributed by atoms with Crippen molar-refractivity contribution in [2.24, 2.45) is 5.41 Å². The summed E-state index contributed by atoms with van der Waals surface area (Å²) in [5.74, 6) is -0.308. The maximum absolute atomic E-state index is 12.7. The van der Waals surface area contributed by atoms with Gasteiger partial charge in [-0.05, 0) is 51.9 Å². The molecule has 6 nitrogen and oxygen atoms in total. The second-order valence-electron chi connectivity index (χ2n) is 7.00. The molecule has 26 heavy (non-hydrogen) atoms. The molecule has 0 unspecified atom stereocenters. The Balaban J connectivity index is 2.99. The Morgan fingerprint density at radius 2 is 1.85 bits per heavy atom. The highest BCUT2D eigenvalue weighted by molar-refractivity contribution is 7.48. The van der Waals surface area contributed by atoms with Crippen molar-refractivity contribution in [1.29, 1.82) is 0 Å². The van der Waals surface area contributed by atoms with E-state index < -0.39 is 13.8 Å². The zero-order valence-electron chi connectivity index (χ0n) is 16.9. The molecule has 1 aliphatic carbocycles. The van der Waals surface area contributed by atoms with Crippen molar-refractivity contribution in [3.05, 3.63) is 23.0 Å². The number of ether oxygens (including phenoxy) is 1. The first kappa shape index (κ1) is 22.9. The van der Waals surface area contributed by atoms with E-state index in [1.807, 2.05) is 0 Å². The molecule has 0 saturated heterocycles.